The van der Waals surface area contributed by atoms with E-state index in [1.807, 2.05) is 39.8 Å². The second kappa shape index (κ2) is 8.21. The highest BCUT2D eigenvalue weighted by molar-refractivity contribution is 5.51. The highest BCUT2D eigenvalue weighted by atomic mass is 16.9. The molecule has 0 saturated carbocycles. The summed E-state index contributed by atoms with van der Waals surface area (Å²) in [7, 11) is 0. The van der Waals surface area contributed by atoms with Crippen molar-refractivity contribution in [3.8, 4) is 11.5 Å². The fourth-order valence-electron chi connectivity index (χ4n) is 2.54. The molecule has 0 fully saturated rings. The van der Waals surface area contributed by atoms with Crippen LogP contribution in [0.1, 0.15) is 22.3 Å². The lowest BCUT2D eigenvalue weighted by molar-refractivity contribution is 0.310. The van der Waals surface area contributed by atoms with Gasteiger partial charge in [-0.25, -0.2) is 0 Å². The lowest BCUT2D eigenvalue weighted by atomic mass is 10.1. The molecule has 0 aliphatic carbocycles. The van der Waals surface area contributed by atoms with Crippen molar-refractivity contribution < 1.29 is 9.68 Å². The summed E-state index contributed by atoms with van der Waals surface area (Å²) in [5.41, 5.74) is 5.03. The Hall–Kier alpha value is -3.22. The summed E-state index contributed by atoms with van der Waals surface area (Å²) in [6.45, 7) is 7.82. The summed E-state index contributed by atoms with van der Waals surface area (Å²) >= 11 is 0. The van der Waals surface area contributed by atoms with Gasteiger partial charge in [0.25, 0.3) is 0 Å². The Kier molecular flexibility index (Phi) is 5.73. The third kappa shape index (κ3) is 4.54. The highest BCUT2D eigenvalue weighted by Crippen LogP contribution is 2.25. The van der Waals surface area contributed by atoms with Crippen molar-refractivity contribution in [2.24, 2.45) is 0 Å². The van der Waals surface area contributed by atoms with Crippen LogP contribution < -0.4 is 20.1 Å². The molecule has 3 aromatic carbocycles. The van der Waals surface area contributed by atoms with Gasteiger partial charge in [0, 0.05) is 0 Å². The second-order valence-electron chi connectivity index (χ2n) is 6.71. The van der Waals surface area contributed by atoms with Crippen LogP contribution in [-0.2, 0) is 0 Å². The van der Waals surface area contributed by atoms with E-state index in [0.29, 0.717) is 33.3 Å². The molecule has 3 rings (SSSR count). The minimum Gasteiger partial charge on any atom is -0.724 e. The minimum absolute atomic E-state index is 0.337. The quantitative estimate of drug-likeness (QED) is 0.526. The summed E-state index contributed by atoms with van der Waals surface area (Å²) < 4.78 is 0. The Labute approximate surface area is 164 Å². The molecule has 6 nitrogen and oxygen atoms in total. The number of anilines is 2. The van der Waals surface area contributed by atoms with Crippen LogP contribution in [-0.4, -0.2) is 0 Å². The van der Waals surface area contributed by atoms with E-state index in [2.05, 4.69) is 0 Å². The molecule has 0 saturated heterocycles. The van der Waals surface area contributed by atoms with Crippen molar-refractivity contribution in [1.82, 2.24) is 0 Å². The van der Waals surface area contributed by atoms with Crippen molar-refractivity contribution >= 4 is 11.4 Å². The standard InChI is InChI=1S/C22H22N2O4/c1-15-5-7-19(13-17(15)3)23(25)27-21-9-11-22(12-10-21)28-24(26)20-8-6-16(2)18(4)14-20/h5-14H,1-4H3/q-2. The third-order valence-electron chi connectivity index (χ3n) is 4.60. The average molecular weight is 378 g/mol. The van der Waals surface area contributed by atoms with Gasteiger partial charge < -0.3 is 20.1 Å². The van der Waals surface area contributed by atoms with Crippen molar-refractivity contribution in [3.63, 3.8) is 0 Å². The fourth-order valence-corrected chi connectivity index (χ4v) is 2.54. The number of hydrogen-bond acceptors (Lipinski definition) is 6. The van der Waals surface area contributed by atoms with E-state index in [4.69, 9.17) is 9.68 Å². The summed E-state index contributed by atoms with van der Waals surface area (Å²) in [6, 6.07) is 16.9. The number of rotatable bonds is 6. The van der Waals surface area contributed by atoms with Gasteiger partial charge in [-0.15, -0.1) is 0 Å². The molecule has 3 aromatic rings. The van der Waals surface area contributed by atoms with Crippen LogP contribution in [0.3, 0.4) is 0 Å². The fraction of sp³-hybridized carbons (Fsp3) is 0.182. The Morgan fingerprint density at radius 2 is 0.893 bits per heavy atom. The van der Waals surface area contributed by atoms with E-state index in [1.54, 1.807) is 48.5 Å². The number of aryl methyl sites for hydroxylation is 4. The molecule has 0 N–H and O–H groups in total. The smallest absolute Gasteiger partial charge is 0.154 e. The molecule has 28 heavy (non-hydrogen) atoms. The molecule has 0 unspecified atom stereocenters. The molecule has 0 spiro atoms. The molecule has 0 bridgehead atoms. The zero-order valence-corrected chi connectivity index (χ0v) is 16.3. The Morgan fingerprint density at radius 3 is 1.21 bits per heavy atom. The molecule has 146 valence electrons. The molecule has 0 aliphatic heterocycles. The maximum Gasteiger partial charge on any atom is 0.154 e. The summed E-state index contributed by atoms with van der Waals surface area (Å²) in [5, 5.41) is 25.3. The summed E-state index contributed by atoms with van der Waals surface area (Å²) in [4.78, 5) is 10.6. The van der Waals surface area contributed by atoms with E-state index in [1.165, 1.54) is 0 Å². The monoisotopic (exact) mass is 378 g/mol. The Morgan fingerprint density at radius 1 is 0.536 bits per heavy atom. The predicted molar refractivity (Wildman–Crippen MR) is 111 cm³/mol. The van der Waals surface area contributed by atoms with Gasteiger partial charge in [0.05, 0.1) is 11.4 Å². The van der Waals surface area contributed by atoms with E-state index in [0.717, 1.165) is 22.3 Å². The van der Waals surface area contributed by atoms with Gasteiger partial charge in [-0.2, -0.15) is 0 Å². The Bertz CT molecular complexity index is 879. The van der Waals surface area contributed by atoms with Gasteiger partial charge in [-0.05, 0) is 98.5 Å². The van der Waals surface area contributed by atoms with E-state index in [-0.39, 0.29) is 0 Å². The van der Waals surface area contributed by atoms with E-state index < -0.39 is 0 Å². The molecular weight excluding hydrogens is 356 g/mol. The van der Waals surface area contributed by atoms with Gasteiger partial charge >= 0.3 is 0 Å². The van der Waals surface area contributed by atoms with Crippen molar-refractivity contribution in [2.45, 2.75) is 27.7 Å². The second-order valence-corrected chi connectivity index (χ2v) is 6.71. The molecule has 0 atom stereocenters. The van der Waals surface area contributed by atoms with Gasteiger partial charge in [0.1, 0.15) is 0 Å². The maximum atomic E-state index is 12.2. The normalized spacial score (nSPS) is 10.5. The molecular formula is C22H22N2O4-2. The Balaban J connectivity index is 1.64. The van der Waals surface area contributed by atoms with Crippen LogP contribution in [0.25, 0.3) is 0 Å². The number of nitrogens with zero attached hydrogens (tertiary/aromatic N) is 2. The van der Waals surface area contributed by atoms with Crippen LogP contribution in [0.2, 0.25) is 0 Å². The molecule has 0 radical (unpaired) electrons. The average Bonchev–Trinajstić information content (AvgIpc) is 2.67. The van der Waals surface area contributed by atoms with E-state index >= 15 is 0 Å². The molecule has 6 heteroatoms. The van der Waals surface area contributed by atoms with E-state index in [9.17, 15) is 10.4 Å². The van der Waals surface area contributed by atoms with Gasteiger partial charge in [0.15, 0.2) is 11.5 Å². The SMILES string of the molecule is Cc1ccc(N([O-])Oc2ccc(ON([O-])c3ccc(C)c(C)c3)cc2)cc1C. The van der Waals surface area contributed by atoms with Crippen LogP contribution >= 0.6 is 0 Å². The van der Waals surface area contributed by atoms with Gasteiger partial charge in [-0.3, -0.25) is 10.5 Å². The minimum atomic E-state index is 0.337. The first kappa shape index (κ1) is 19.5. The summed E-state index contributed by atoms with van der Waals surface area (Å²) in [6.07, 6.45) is 0. The zero-order valence-electron chi connectivity index (χ0n) is 16.3. The lowest BCUT2D eigenvalue weighted by Crippen LogP contribution is -2.20. The third-order valence-corrected chi connectivity index (χ3v) is 4.60. The molecule has 0 heterocycles. The van der Waals surface area contributed by atoms with Crippen LogP contribution in [0.15, 0.2) is 60.7 Å². The van der Waals surface area contributed by atoms with Crippen LogP contribution in [0, 0.1) is 38.1 Å². The number of hydrogen-bond donors (Lipinski definition) is 0. The number of benzene rings is 3. The maximum absolute atomic E-state index is 12.2. The first-order valence-electron chi connectivity index (χ1n) is 8.88. The lowest BCUT2D eigenvalue weighted by Gasteiger charge is -2.31. The highest BCUT2D eigenvalue weighted by Gasteiger charge is 2.04. The summed E-state index contributed by atoms with van der Waals surface area (Å²) in [5.74, 6) is 0.674. The van der Waals surface area contributed by atoms with Gasteiger partial charge in [-0.1, -0.05) is 12.1 Å². The largest absolute Gasteiger partial charge is 0.724 e. The van der Waals surface area contributed by atoms with Crippen molar-refractivity contribution in [1.29, 1.82) is 0 Å². The first-order chi connectivity index (χ1) is 13.3. The zero-order chi connectivity index (χ0) is 20.3. The van der Waals surface area contributed by atoms with Crippen molar-refractivity contribution in [2.75, 3.05) is 10.5 Å². The van der Waals surface area contributed by atoms with Crippen molar-refractivity contribution in [3.05, 3.63) is 93.3 Å². The van der Waals surface area contributed by atoms with Gasteiger partial charge in [0.2, 0.25) is 0 Å². The molecule has 0 aromatic heterocycles. The first-order valence-corrected chi connectivity index (χ1v) is 8.88. The molecule has 0 aliphatic rings. The molecule has 0 amide bonds. The predicted octanol–water partition coefficient (Wildman–Crippen LogP) is 5.52. The van der Waals surface area contributed by atoms with Crippen LogP contribution in [0.4, 0.5) is 11.4 Å². The van der Waals surface area contributed by atoms with Crippen LogP contribution in [0.5, 0.6) is 11.5 Å². The topological polar surface area (TPSA) is 71.1 Å².